The van der Waals surface area contributed by atoms with Gasteiger partial charge >= 0.3 is 0 Å². The van der Waals surface area contributed by atoms with E-state index in [9.17, 15) is 5.11 Å². The molecule has 5 rings (SSSR count). The summed E-state index contributed by atoms with van der Waals surface area (Å²) in [5.41, 5.74) is 3.20. The fraction of sp³-hybridized carbons (Fsp3) is 0.409. The first-order valence-electron chi connectivity index (χ1n) is 9.36. The lowest BCUT2D eigenvalue weighted by Gasteiger charge is -2.34. The van der Waals surface area contributed by atoms with Gasteiger partial charge in [0.15, 0.2) is 11.5 Å². The predicted octanol–water partition coefficient (Wildman–Crippen LogP) is 4.41. The molecule has 0 radical (unpaired) electrons. The summed E-state index contributed by atoms with van der Waals surface area (Å²) in [6.45, 7) is 0. The summed E-state index contributed by atoms with van der Waals surface area (Å²) in [7, 11) is 3.33. The fourth-order valence-electron chi connectivity index (χ4n) is 5.23. The first-order valence-corrected chi connectivity index (χ1v) is 9.36. The number of aromatic nitrogens is 1. The minimum Gasteiger partial charge on any atom is -0.493 e. The third-order valence-corrected chi connectivity index (χ3v) is 6.41. The summed E-state index contributed by atoms with van der Waals surface area (Å²) < 4.78 is 11.1. The molecule has 2 aliphatic rings. The van der Waals surface area contributed by atoms with Crippen LogP contribution >= 0.6 is 0 Å². The molecular weight excluding hydrogens is 326 g/mol. The van der Waals surface area contributed by atoms with E-state index >= 15 is 0 Å². The summed E-state index contributed by atoms with van der Waals surface area (Å²) in [6, 6.07) is 8.16. The van der Waals surface area contributed by atoms with Gasteiger partial charge in [0.2, 0.25) is 0 Å². The van der Waals surface area contributed by atoms with Crippen LogP contribution < -0.4 is 9.47 Å². The van der Waals surface area contributed by atoms with Gasteiger partial charge in [0.25, 0.3) is 0 Å². The second kappa shape index (κ2) is 5.85. The molecule has 4 nitrogen and oxygen atoms in total. The van der Waals surface area contributed by atoms with E-state index in [1.54, 1.807) is 14.2 Å². The van der Waals surface area contributed by atoms with Crippen LogP contribution in [0.4, 0.5) is 0 Å². The van der Waals surface area contributed by atoms with Gasteiger partial charge in [0.1, 0.15) is 0 Å². The van der Waals surface area contributed by atoms with Crippen LogP contribution in [-0.2, 0) is 6.42 Å². The minimum absolute atomic E-state index is 0.366. The number of pyridine rings is 1. The number of nitrogens with zero attached hydrogens (tertiary/aromatic N) is 1. The molecule has 1 aromatic heterocycles. The monoisotopic (exact) mass is 349 g/mol. The number of aliphatic hydroxyl groups excluding tert-OH is 1. The van der Waals surface area contributed by atoms with E-state index in [0.29, 0.717) is 11.8 Å². The van der Waals surface area contributed by atoms with Crippen LogP contribution in [0.25, 0.3) is 21.7 Å². The van der Waals surface area contributed by atoms with E-state index in [0.717, 1.165) is 51.6 Å². The molecule has 134 valence electrons. The van der Waals surface area contributed by atoms with Crippen LogP contribution in [0, 0.1) is 11.8 Å². The molecule has 0 spiro atoms. The summed E-state index contributed by atoms with van der Waals surface area (Å²) in [4.78, 5) is 4.68. The molecule has 2 aliphatic carbocycles. The minimum atomic E-state index is -0.429. The number of rotatable bonds is 2. The van der Waals surface area contributed by atoms with Gasteiger partial charge in [-0.1, -0.05) is 12.5 Å². The molecular formula is C22H23NO3. The van der Waals surface area contributed by atoms with Gasteiger partial charge in [-0.25, -0.2) is 0 Å². The third-order valence-electron chi connectivity index (χ3n) is 6.41. The average Bonchev–Trinajstić information content (AvgIpc) is 3.16. The quantitative estimate of drug-likeness (QED) is 0.696. The summed E-state index contributed by atoms with van der Waals surface area (Å²) in [5.74, 6) is 2.38. The zero-order chi connectivity index (χ0) is 17.8. The lowest BCUT2D eigenvalue weighted by Crippen LogP contribution is -2.26. The highest BCUT2D eigenvalue weighted by atomic mass is 16.5. The number of ether oxygens (including phenoxy) is 2. The maximum atomic E-state index is 11.2. The molecule has 2 aromatic carbocycles. The van der Waals surface area contributed by atoms with Crippen molar-refractivity contribution in [2.24, 2.45) is 11.8 Å². The fourth-order valence-corrected chi connectivity index (χ4v) is 5.23. The maximum Gasteiger partial charge on any atom is 0.161 e. The number of hydrogen-bond acceptors (Lipinski definition) is 4. The van der Waals surface area contributed by atoms with Crippen molar-refractivity contribution in [1.29, 1.82) is 0 Å². The first kappa shape index (κ1) is 15.9. The van der Waals surface area contributed by atoms with Crippen molar-refractivity contribution in [3.63, 3.8) is 0 Å². The van der Waals surface area contributed by atoms with Crippen molar-refractivity contribution in [1.82, 2.24) is 4.98 Å². The van der Waals surface area contributed by atoms with E-state index in [1.165, 1.54) is 18.4 Å². The maximum absolute atomic E-state index is 11.2. The van der Waals surface area contributed by atoms with Crippen LogP contribution in [0.2, 0.25) is 0 Å². The zero-order valence-corrected chi connectivity index (χ0v) is 15.2. The first-order chi connectivity index (χ1) is 12.7. The molecule has 0 aliphatic heterocycles. The standard InChI is InChI=1S/C22H23NO3/c1-25-18-10-15-14-7-4-8-23-21(14)20-17(16(15)11-19(18)26-2)9-12-5-3-6-13(12)22(20)24/h4,7-8,10-13,22,24H,3,5-6,9H2,1-2H3/t12?,13-,22-/m1/s1. The molecule has 0 saturated heterocycles. The largest absolute Gasteiger partial charge is 0.493 e. The molecule has 0 bridgehead atoms. The van der Waals surface area contributed by atoms with Crippen LogP contribution in [0.15, 0.2) is 30.5 Å². The van der Waals surface area contributed by atoms with Crippen molar-refractivity contribution in [3.05, 3.63) is 41.6 Å². The molecule has 3 atom stereocenters. The van der Waals surface area contributed by atoms with Gasteiger partial charge in [0, 0.05) is 17.1 Å². The Hall–Kier alpha value is -2.33. The van der Waals surface area contributed by atoms with Crippen LogP contribution in [0.3, 0.4) is 0 Å². The number of methoxy groups -OCH3 is 2. The molecule has 4 heteroatoms. The third kappa shape index (κ3) is 2.08. The number of hydrogen-bond donors (Lipinski definition) is 1. The van der Waals surface area contributed by atoms with Crippen LogP contribution in [-0.4, -0.2) is 24.3 Å². The van der Waals surface area contributed by atoms with Crippen molar-refractivity contribution in [2.45, 2.75) is 31.8 Å². The highest BCUT2D eigenvalue weighted by molar-refractivity contribution is 6.10. The molecule has 1 N–H and O–H groups in total. The van der Waals surface area contributed by atoms with Crippen LogP contribution in [0.1, 0.15) is 36.5 Å². The predicted molar refractivity (Wildman–Crippen MR) is 102 cm³/mol. The summed E-state index contributed by atoms with van der Waals surface area (Å²) in [5, 5.41) is 14.6. The van der Waals surface area contributed by atoms with E-state index in [4.69, 9.17) is 9.47 Å². The van der Waals surface area contributed by atoms with E-state index in [2.05, 4.69) is 17.1 Å². The molecule has 1 unspecified atom stereocenters. The molecule has 1 saturated carbocycles. The number of aliphatic hydroxyl groups is 1. The van der Waals surface area contributed by atoms with Gasteiger partial charge in [-0.2, -0.15) is 0 Å². The average molecular weight is 349 g/mol. The Balaban J connectivity index is 1.91. The van der Waals surface area contributed by atoms with Gasteiger partial charge in [-0.15, -0.1) is 0 Å². The Morgan fingerprint density at radius 2 is 1.81 bits per heavy atom. The second-order valence-electron chi connectivity index (χ2n) is 7.55. The Bertz CT molecular complexity index is 1010. The van der Waals surface area contributed by atoms with Crippen LogP contribution in [0.5, 0.6) is 11.5 Å². The van der Waals surface area contributed by atoms with E-state index < -0.39 is 6.10 Å². The Kier molecular flexibility index (Phi) is 3.57. The second-order valence-corrected chi connectivity index (χ2v) is 7.55. The molecule has 3 aromatic rings. The van der Waals surface area contributed by atoms with Crippen molar-refractivity contribution in [2.75, 3.05) is 14.2 Å². The summed E-state index contributed by atoms with van der Waals surface area (Å²) >= 11 is 0. The molecule has 1 fully saturated rings. The van der Waals surface area contributed by atoms with Crippen molar-refractivity contribution < 1.29 is 14.6 Å². The van der Waals surface area contributed by atoms with Gasteiger partial charge in [0.05, 0.1) is 25.8 Å². The topological polar surface area (TPSA) is 51.6 Å². The molecule has 1 heterocycles. The highest BCUT2D eigenvalue weighted by Crippen LogP contribution is 2.51. The van der Waals surface area contributed by atoms with Gasteiger partial charge < -0.3 is 14.6 Å². The normalized spacial score (nSPS) is 24.5. The van der Waals surface area contributed by atoms with Gasteiger partial charge in [-0.3, -0.25) is 4.98 Å². The van der Waals surface area contributed by atoms with Crippen molar-refractivity contribution in [3.8, 4) is 11.5 Å². The molecule has 26 heavy (non-hydrogen) atoms. The van der Waals surface area contributed by atoms with Crippen molar-refractivity contribution >= 4 is 21.7 Å². The van der Waals surface area contributed by atoms with Gasteiger partial charge in [-0.05, 0) is 65.6 Å². The van der Waals surface area contributed by atoms with E-state index in [-0.39, 0.29) is 0 Å². The Morgan fingerprint density at radius 1 is 1.04 bits per heavy atom. The number of benzene rings is 2. The lowest BCUT2D eigenvalue weighted by molar-refractivity contribution is 0.0758. The highest BCUT2D eigenvalue weighted by Gasteiger charge is 2.40. The summed E-state index contributed by atoms with van der Waals surface area (Å²) in [6.07, 6.45) is 5.93. The lowest BCUT2D eigenvalue weighted by atomic mass is 9.73. The zero-order valence-electron chi connectivity index (χ0n) is 15.2. The SMILES string of the molecule is COc1cc2c3c(c4ncccc4c2cc1OC)[C@H](O)[C@@H]1CCCC1C3. The smallest absolute Gasteiger partial charge is 0.161 e. The Morgan fingerprint density at radius 3 is 2.58 bits per heavy atom. The molecule has 0 amide bonds. The van der Waals surface area contributed by atoms with E-state index in [1.807, 2.05) is 18.3 Å². The Labute approximate surface area is 152 Å². The number of fused-ring (bicyclic) bond motifs is 7.